The van der Waals surface area contributed by atoms with E-state index >= 15 is 0 Å². The van der Waals surface area contributed by atoms with Crippen molar-refractivity contribution >= 4 is 33.2 Å². The van der Waals surface area contributed by atoms with Gasteiger partial charge in [-0.05, 0) is 17.5 Å². The number of benzene rings is 1. The van der Waals surface area contributed by atoms with Crippen molar-refractivity contribution in [3.63, 3.8) is 0 Å². The molecule has 23 heavy (non-hydrogen) atoms. The number of Topliss-reactive ketones (excluding diaryl/α,β-unsaturated/α-hetero) is 1. The molecule has 0 fully saturated rings. The molecule has 0 aliphatic carbocycles. The van der Waals surface area contributed by atoms with Crippen LogP contribution in [0.15, 0.2) is 18.2 Å². The number of esters is 1. The van der Waals surface area contributed by atoms with Crippen molar-refractivity contribution in [3.05, 3.63) is 23.1 Å². The number of methoxy groups -OCH3 is 1. The maximum atomic E-state index is 12.3. The molecule has 1 unspecified atom stereocenters. The molecule has 0 radical (unpaired) electrons. The van der Waals surface area contributed by atoms with Crippen LogP contribution in [0.2, 0.25) is 0 Å². The lowest BCUT2D eigenvalue weighted by molar-refractivity contribution is -0.144. The normalized spacial score (nSPS) is 12.4. The quantitative estimate of drug-likeness (QED) is 0.640. The highest BCUT2D eigenvalue weighted by Crippen LogP contribution is 2.37. The largest absolute Gasteiger partial charge is 0.504 e. The van der Waals surface area contributed by atoms with Crippen molar-refractivity contribution in [2.75, 3.05) is 7.11 Å². The van der Waals surface area contributed by atoms with Gasteiger partial charge in [0.05, 0.1) is 17.9 Å². The maximum absolute atomic E-state index is 12.3. The molecular formula is C15H14F2O5S. The third-order valence-corrected chi connectivity index (χ3v) is 4.32. The number of rotatable bonds is 6. The van der Waals surface area contributed by atoms with E-state index in [1.54, 1.807) is 6.92 Å². The molecule has 0 aliphatic rings. The number of carbonyl (C=O) groups is 2. The Bertz CT molecular complexity index is 741. The molecule has 0 amide bonds. The Labute approximate surface area is 134 Å². The number of ether oxygens (including phenoxy) is 2. The Morgan fingerprint density at radius 1 is 1.30 bits per heavy atom. The average molecular weight is 344 g/mol. The smallest absolute Gasteiger partial charge is 0.387 e. The standard InChI is InChI=1S/C15H14F2O5S/c1-7(14(20)21-2)3-10(19)13-5-8-4-9(18)11(22-15(16)17)6-12(8)23-13/h4-7,15,18H,3H2,1-2H3. The Morgan fingerprint density at radius 2 is 2.00 bits per heavy atom. The fourth-order valence-corrected chi connectivity index (χ4v) is 3.07. The lowest BCUT2D eigenvalue weighted by Crippen LogP contribution is -2.16. The fourth-order valence-electron chi connectivity index (χ4n) is 2.05. The predicted octanol–water partition coefficient (Wildman–Crippen LogP) is 3.59. The summed E-state index contributed by atoms with van der Waals surface area (Å²) in [4.78, 5) is 23.9. The summed E-state index contributed by atoms with van der Waals surface area (Å²) in [5, 5.41) is 10.2. The first-order valence-corrected chi connectivity index (χ1v) is 7.46. The summed E-state index contributed by atoms with van der Waals surface area (Å²) >= 11 is 1.08. The Hall–Kier alpha value is -2.22. The van der Waals surface area contributed by atoms with Gasteiger partial charge in [0.15, 0.2) is 17.3 Å². The minimum absolute atomic E-state index is 0.0220. The van der Waals surface area contributed by atoms with E-state index in [2.05, 4.69) is 9.47 Å². The van der Waals surface area contributed by atoms with Crippen molar-refractivity contribution in [3.8, 4) is 11.5 Å². The lowest BCUT2D eigenvalue weighted by Gasteiger charge is -2.06. The van der Waals surface area contributed by atoms with Gasteiger partial charge in [0.1, 0.15) is 0 Å². The van der Waals surface area contributed by atoms with E-state index in [9.17, 15) is 23.5 Å². The van der Waals surface area contributed by atoms with E-state index in [0.29, 0.717) is 15.0 Å². The molecule has 2 aromatic rings. The van der Waals surface area contributed by atoms with Crippen molar-refractivity contribution in [1.29, 1.82) is 0 Å². The molecule has 1 aromatic heterocycles. The van der Waals surface area contributed by atoms with Crippen LogP contribution < -0.4 is 4.74 Å². The van der Waals surface area contributed by atoms with Crippen LogP contribution in [-0.2, 0) is 9.53 Å². The van der Waals surface area contributed by atoms with Gasteiger partial charge in [-0.15, -0.1) is 11.3 Å². The average Bonchev–Trinajstić information content (AvgIpc) is 2.88. The first kappa shape index (κ1) is 17.1. The van der Waals surface area contributed by atoms with Crippen LogP contribution >= 0.6 is 11.3 Å². The molecule has 5 nitrogen and oxygen atoms in total. The van der Waals surface area contributed by atoms with E-state index in [0.717, 1.165) is 11.3 Å². The van der Waals surface area contributed by atoms with Gasteiger partial charge in [-0.2, -0.15) is 8.78 Å². The number of fused-ring (bicyclic) bond motifs is 1. The fraction of sp³-hybridized carbons (Fsp3) is 0.333. The molecule has 8 heteroatoms. The van der Waals surface area contributed by atoms with Crippen molar-refractivity contribution in [2.45, 2.75) is 20.0 Å². The summed E-state index contributed by atoms with van der Waals surface area (Å²) in [6.45, 7) is -1.47. The number of aromatic hydroxyl groups is 1. The molecule has 1 N–H and O–H groups in total. The zero-order chi connectivity index (χ0) is 17.1. The molecule has 124 valence electrons. The number of phenols is 1. The Kier molecular flexibility index (Phi) is 5.15. The van der Waals surface area contributed by atoms with Gasteiger partial charge in [0, 0.05) is 17.2 Å². The summed E-state index contributed by atoms with van der Waals surface area (Å²) in [5.74, 6) is -2.11. The summed E-state index contributed by atoms with van der Waals surface area (Å²) in [6, 6.07) is 4.05. The molecule has 0 saturated heterocycles. The minimum Gasteiger partial charge on any atom is -0.504 e. The maximum Gasteiger partial charge on any atom is 0.387 e. The van der Waals surface area contributed by atoms with Gasteiger partial charge in [-0.1, -0.05) is 6.92 Å². The van der Waals surface area contributed by atoms with Crippen LogP contribution in [-0.4, -0.2) is 30.6 Å². The van der Waals surface area contributed by atoms with Crippen molar-refractivity contribution in [1.82, 2.24) is 0 Å². The monoisotopic (exact) mass is 344 g/mol. The Morgan fingerprint density at radius 3 is 2.61 bits per heavy atom. The van der Waals surface area contributed by atoms with E-state index in [-0.39, 0.29) is 18.0 Å². The summed E-state index contributed by atoms with van der Waals surface area (Å²) in [6.07, 6.45) is -0.0220. The Balaban J connectivity index is 2.26. The van der Waals surface area contributed by atoms with Crippen LogP contribution in [0, 0.1) is 5.92 Å². The topological polar surface area (TPSA) is 72.8 Å². The number of carbonyl (C=O) groups excluding carboxylic acids is 2. The van der Waals surface area contributed by atoms with Crippen molar-refractivity contribution in [2.24, 2.45) is 5.92 Å². The van der Waals surface area contributed by atoms with Gasteiger partial charge >= 0.3 is 12.6 Å². The molecular weight excluding hydrogens is 330 g/mol. The lowest BCUT2D eigenvalue weighted by atomic mass is 10.0. The summed E-state index contributed by atoms with van der Waals surface area (Å²) < 4.78 is 33.8. The first-order chi connectivity index (χ1) is 10.8. The molecule has 0 saturated carbocycles. The first-order valence-electron chi connectivity index (χ1n) is 6.64. The molecule has 0 spiro atoms. The van der Waals surface area contributed by atoms with Crippen LogP contribution in [0.4, 0.5) is 8.78 Å². The summed E-state index contributed by atoms with van der Waals surface area (Å²) in [7, 11) is 1.25. The zero-order valence-corrected chi connectivity index (χ0v) is 13.2. The number of hydrogen-bond acceptors (Lipinski definition) is 6. The highest BCUT2D eigenvalue weighted by Gasteiger charge is 2.20. The molecule has 0 bridgehead atoms. The summed E-state index contributed by atoms with van der Waals surface area (Å²) in [5.41, 5.74) is 0. The van der Waals surface area contributed by atoms with Crippen LogP contribution in [0.1, 0.15) is 23.0 Å². The number of thiophene rings is 1. The van der Waals surface area contributed by atoms with Gasteiger partial charge in [0.2, 0.25) is 0 Å². The molecule has 1 atom stereocenters. The van der Waals surface area contributed by atoms with E-state index in [1.165, 1.54) is 25.3 Å². The van der Waals surface area contributed by atoms with Gasteiger partial charge in [-0.25, -0.2) is 0 Å². The molecule has 1 aromatic carbocycles. The van der Waals surface area contributed by atoms with Gasteiger partial charge in [0.25, 0.3) is 0 Å². The number of hydrogen-bond donors (Lipinski definition) is 1. The van der Waals surface area contributed by atoms with Gasteiger partial charge < -0.3 is 14.6 Å². The highest BCUT2D eigenvalue weighted by molar-refractivity contribution is 7.20. The van der Waals surface area contributed by atoms with E-state index in [1.807, 2.05) is 0 Å². The number of halogens is 2. The molecule has 1 heterocycles. The zero-order valence-electron chi connectivity index (χ0n) is 12.3. The van der Waals surface area contributed by atoms with Crippen molar-refractivity contribution < 1.29 is 33.0 Å². The molecule has 2 rings (SSSR count). The SMILES string of the molecule is COC(=O)C(C)CC(=O)c1cc2cc(O)c(OC(F)F)cc2s1. The number of phenolic OH excluding ortho intramolecular Hbond substituents is 1. The minimum atomic E-state index is -3.06. The third-order valence-electron chi connectivity index (χ3n) is 3.18. The highest BCUT2D eigenvalue weighted by atomic mass is 32.1. The number of ketones is 1. The van der Waals surface area contributed by atoms with Crippen LogP contribution in [0.5, 0.6) is 11.5 Å². The second-order valence-corrected chi connectivity index (χ2v) is 5.98. The predicted molar refractivity (Wildman–Crippen MR) is 80.2 cm³/mol. The second kappa shape index (κ2) is 6.91. The van der Waals surface area contributed by atoms with Crippen LogP contribution in [0.3, 0.4) is 0 Å². The van der Waals surface area contributed by atoms with Crippen LogP contribution in [0.25, 0.3) is 10.1 Å². The van der Waals surface area contributed by atoms with E-state index in [4.69, 9.17) is 0 Å². The van der Waals surface area contributed by atoms with E-state index < -0.39 is 24.2 Å². The second-order valence-electron chi connectivity index (χ2n) is 4.90. The third kappa shape index (κ3) is 3.95. The van der Waals surface area contributed by atoms with Gasteiger partial charge in [-0.3, -0.25) is 9.59 Å². The molecule has 0 aliphatic heterocycles. The number of alkyl halides is 2.